The maximum atomic E-state index is 12.9. The minimum atomic E-state index is -1.05. The van der Waals surface area contributed by atoms with E-state index in [1.807, 2.05) is 63.2 Å². The molecule has 4 aromatic rings. The predicted molar refractivity (Wildman–Crippen MR) is 179 cm³/mol. The molecule has 0 radical (unpaired) electrons. The Hall–Kier alpha value is -4.54. The number of halogens is 1. The molecular weight excluding hydrogens is 606 g/mol. The number of hydrogen-bond donors (Lipinski definition) is 2. The number of aromatic carboxylic acids is 1. The van der Waals surface area contributed by atoms with Crippen molar-refractivity contribution in [1.82, 2.24) is 19.8 Å². The van der Waals surface area contributed by atoms with E-state index in [9.17, 15) is 14.7 Å². The van der Waals surface area contributed by atoms with E-state index in [1.54, 1.807) is 29.4 Å². The molecule has 0 spiro atoms. The van der Waals surface area contributed by atoms with Crippen molar-refractivity contribution in [3.8, 4) is 11.5 Å². The predicted octanol–water partition coefficient (Wildman–Crippen LogP) is 6.92. The number of piperazine rings is 1. The van der Waals surface area contributed by atoms with Gasteiger partial charge in [0.25, 0.3) is 0 Å². The quantitative estimate of drug-likeness (QED) is 0.223. The average molecular weight is 644 g/mol. The summed E-state index contributed by atoms with van der Waals surface area (Å²) >= 11 is 6.20. The van der Waals surface area contributed by atoms with Gasteiger partial charge in [-0.05, 0) is 80.3 Å². The molecule has 10 nitrogen and oxygen atoms in total. The topological polar surface area (TPSA) is 111 Å². The van der Waals surface area contributed by atoms with Gasteiger partial charge in [0.1, 0.15) is 28.3 Å². The normalized spacial score (nSPS) is 16.2. The maximum absolute atomic E-state index is 12.9. The van der Waals surface area contributed by atoms with Crippen LogP contribution < -0.4 is 9.64 Å². The molecule has 46 heavy (non-hydrogen) atoms. The van der Waals surface area contributed by atoms with Gasteiger partial charge in [-0.1, -0.05) is 23.7 Å². The van der Waals surface area contributed by atoms with E-state index in [0.29, 0.717) is 23.9 Å². The SMILES string of the molecule is CC(C)(C)OC(=O)N1CCC(CN2CCN(c3ccc(C(=O)O)c(Oc4cnc5[nH]ccc5c4)c3)CC2)=C(c2ccc(Cl)cc2)C1. The van der Waals surface area contributed by atoms with Crippen molar-refractivity contribution in [2.75, 3.05) is 50.7 Å². The van der Waals surface area contributed by atoms with Gasteiger partial charge in [-0.15, -0.1) is 0 Å². The maximum Gasteiger partial charge on any atom is 0.410 e. The number of anilines is 1. The van der Waals surface area contributed by atoms with Crippen molar-refractivity contribution in [3.05, 3.63) is 88.7 Å². The highest BCUT2D eigenvalue weighted by molar-refractivity contribution is 6.30. The molecule has 6 rings (SSSR count). The van der Waals surface area contributed by atoms with E-state index in [4.69, 9.17) is 21.1 Å². The summed E-state index contributed by atoms with van der Waals surface area (Å²) in [6.45, 7) is 10.7. The Kier molecular flexibility index (Phi) is 8.93. The second-order valence-electron chi connectivity index (χ2n) is 12.7. The van der Waals surface area contributed by atoms with Crippen molar-refractivity contribution in [2.24, 2.45) is 0 Å². The Balaban J connectivity index is 1.16. The summed E-state index contributed by atoms with van der Waals surface area (Å²) in [4.78, 5) is 38.8. The standard InChI is InChI=1S/C35H38ClN5O5/c1-35(2,3)46-34(44)41-13-11-25(30(22-41)23-4-6-26(36)7-5-23)21-39-14-16-40(17-15-39)27-8-9-29(33(42)43)31(19-27)45-28-18-24-10-12-37-32(24)38-20-28/h4-10,12,18-20H,11,13-17,21-22H2,1-3H3,(H,37,38)(H,42,43). The lowest BCUT2D eigenvalue weighted by Crippen LogP contribution is -2.48. The average Bonchev–Trinajstić information content (AvgIpc) is 3.49. The molecule has 2 aromatic heterocycles. The molecule has 0 aliphatic carbocycles. The number of hydrogen-bond acceptors (Lipinski definition) is 7. The van der Waals surface area contributed by atoms with Crippen molar-refractivity contribution in [2.45, 2.75) is 32.8 Å². The highest BCUT2D eigenvalue weighted by Crippen LogP contribution is 2.33. The Morgan fingerprint density at radius 3 is 2.48 bits per heavy atom. The number of carbonyl (C=O) groups excluding carboxylic acids is 1. The number of carbonyl (C=O) groups is 2. The minimum Gasteiger partial charge on any atom is -0.478 e. The number of carboxylic acid groups (broad SMARTS) is 1. The van der Waals surface area contributed by atoms with E-state index >= 15 is 0 Å². The molecule has 2 aliphatic heterocycles. The summed E-state index contributed by atoms with van der Waals surface area (Å²) < 4.78 is 11.7. The fourth-order valence-corrected chi connectivity index (χ4v) is 6.04. The van der Waals surface area contributed by atoms with Gasteiger partial charge in [0.15, 0.2) is 0 Å². The van der Waals surface area contributed by atoms with E-state index in [0.717, 1.165) is 67.0 Å². The fourth-order valence-electron chi connectivity index (χ4n) is 5.91. The van der Waals surface area contributed by atoms with Crippen LogP contribution in [0.15, 0.2) is 72.6 Å². The minimum absolute atomic E-state index is 0.0935. The Bertz CT molecular complexity index is 1770. The highest BCUT2D eigenvalue weighted by atomic mass is 35.5. The van der Waals surface area contributed by atoms with Gasteiger partial charge in [-0.3, -0.25) is 4.90 Å². The van der Waals surface area contributed by atoms with Gasteiger partial charge in [0, 0.05) is 74.2 Å². The smallest absolute Gasteiger partial charge is 0.410 e. The zero-order valence-corrected chi connectivity index (χ0v) is 27.0. The van der Waals surface area contributed by atoms with E-state index in [-0.39, 0.29) is 17.4 Å². The van der Waals surface area contributed by atoms with E-state index in [1.165, 1.54) is 5.57 Å². The third-order valence-electron chi connectivity index (χ3n) is 8.25. The monoisotopic (exact) mass is 643 g/mol. The number of ether oxygens (including phenoxy) is 2. The first kappa shape index (κ1) is 31.4. The van der Waals surface area contributed by atoms with E-state index < -0.39 is 11.6 Å². The zero-order valence-electron chi connectivity index (χ0n) is 26.3. The number of pyridine rings is 1. The first-order valence-electron chi connectivity index (χ1n) is 15.4. The van der Waals surface area contributed by atoms with Gasteiger partial charge >= 0.3 is 12.1 Å². The van der Waals surface area contributed by atoms with Crippen LogP contribution in [0, 0.1) is 0 Å². The van der Waals surface area contributed by atoms with Gasteiger partial charge in [0.05, 0.1) is 6.20 Å². The number of amides is 1. The summed E-state index contributed by atoms with van der Waals surface area (Å²) in [5.74, 6) is -0.304. The van der Waals surface area contributed by atoms with Crippen LogP contribution in [0.4, 0.5) is 10.5 Å². The van der Waals surface area contributed by atoms with Crippen LogP contribution in [0.25, 0.3) is 16.6 Å². The Labute approximate surface area is 273 Å². The third kappa shape index (κ3) is 7.29. The van der Waals surface area contributed by atoms with Gasteiger partial charge in [-0.2, -0.15) is 0 Å². The molecule has 2 aromatic carbocycles. The number of H-pyrrole nitrogens is 1. The summed E-state index contributed by atoms with van der Waals surface area (Å²) in [5, 5.41) is 11.4. The molecule has 1 fully saturated rings. The summed E-state index contributed by atoms with van der Waals surface area (Å²) in [7, 11) is 0. The van der Waals surface area contributed by atoms with Crippen LogP contribution in [0.1, 0.15) is 43.1 Å². The highest BCUT2D eigenvalue weighted by Gasteiger charge is 2.29. The number of nitrogens with zero attached hydrogens (tertiary/aromatic N) is 4. The largest absolute Gasteiger partial charge is 0.478 e. The van der Waals surface area contributed by atoms with Crippen molar-refractivity contribution in [1.29, 1.82) is 0 Å². The molecule has 11 heteroatoms. The van der Waals surface area contributed by atoms with Gasteiger partial charge in [0.2, 0.25) is 0 Å². The molecule has 2 N–H and O–H groups in total. The molecule has 4 heterocycles. The molecule has 0 saturated carbocycles. The van der Waals surface area contributed by atoms with Crippen LogP contribution in [0.3, 0.4) is 0 Å². The summed E-state index contributed by atoms with van der Waals surface area (Å²) in [6.07, 6.45) is 3.84. The Morgan fingerprint density at radius 2 is 1.76 bits per heavy atom. The van der Waals surface area contributed by atoms with Gasteiger partial charge < -0.3 is 29.4 Å². The van der Waals surface area contributed by atoms with Crippen LogP contribution in [-0.4, -0.2) is 88.4 Å². The summed E-state index contributed by atoms with van der Waals surface area (Å²) in [5.41, 5.74) is 4.68. The second kappa shape index (κ2) is 13.1. The number of nitrogens with one attached hydrogen (secondary N) is 1. The van der Waals surface area contributed by atoms with E-state index in [2.05, 4.69) is 19.8 Å². The lowest BCUT2D eigenvalue weighted by atomic mass is 9.93. The number of aromatic amines is 1. The van der Waals surface area contributed by atoms with Crippen LogP contribution >= 0.6 is 11.6 Å². The second-order valence-corrected chi connectivity index (χ2v) is 13.1. The van der Waals surface area contributed by atoms with Crippen molar-refractivity contribution in [3.63, 3.8) is 0 Å². The molecule has 0 atom stereocenters. The van der Waals surface area contributed by atoms with Gasteiger partial charge in [-0.25, -0.2) is 14.6 Å². The molecule has 0 bridgehead atoms. The molecule has 0 unspecified atom stereocenters. The van der Waals surface area contributed by atoms with Crippen molar-refractivity contribution >= 4 is 46.0 Å². The first-order valence-corrected chi connectivity index (χ1v) is 15.8. The molecule has 1 amide bonds. The molecular formula is C35H38ClN5O5. The number of fused-ring (bicyclic) bond motifs is 1. The number of carboxylic acids is 1. The van der Waals surface area contributed by atoms with Crippen LogP contribution in [-0.2, 0) is 4.74 Å². The fraction of sp³-hybridized carbons (Fsp3) is 0.343. The third-order valence-corrected chi connectivity index (χ3v) is 8.51. The first-order chi connectivity index (χ1) is 22.0. The summed E-state index contributed by atoms with van der Waals surface area (Å²) in [6, 6.07) is 16.8. The molecule has 1 saturated heterocycles. The molecule has 2 aliphatic rings. The zero-order chi connectivity index (χ0) is 32.4. The number of aromatic nitrogens is 2. The Morgan fingerprint density at radius 1 is 1.00 bits per heavy atom. The van der Waals surface area contributed by atoms with Crippen LogP contribution in [0.5, 0.6) is 11.5 Å². The van der Waals surface area contributed by atoms with Crippen LogP contribution in [0.2, 0.25) is 5.02 Å². The lowest BCUT2D eigenvalue weighted by Gasteiger charge is -2.38. The lowest BCUT2D eigenvalue weighted by molar-refractivity contribution is 0.0269. The number of rotatable bonds is 7. The number of benzene rings is 2. The van der Waals surface area contributed by atoms with Crippen molar-refractivity contribution < 1.29 is 24.2 Å². The molecule has 240 valence electrons.